The summed E-state index contributed by atoms with van der Waals surface area (Å²) in [7, 11) is 0. The molecular formula is C25H24N2. The number of aromatic nitrogens is 2. The van der Waals surface area contributed by atoms with Crippen LogP contribution in [0.1, 0.15) is 31.9 Å². The van der Waals surface area contributed by atoms with Crippen molar-refractivity contribution >= 4 is 0 Å². The molecule has 0 saturated carbocycles. The number of hydrogen-bond acceptors (Lipinski definition) is 1. The molecule has 1 heterocycles. The van der Waals surface area contributed by atoms with Gasteiger partial charge in [-0.2, -0.15) is 5.10 Å². The molecule has 2 nitrogen and oxygen atoms in total. The molecule has 134 valence electrons. The normalized spacial score (nSPS) is 12.1. The maximum atomic E-state index is 5.11. The van der Waals surface area contributed by atoms with Gasteiger partial charge in [-0.1, -0.05) is 92.7 Å². The molecule has 3 aromatic carbocycles. The fourth-order valence-electron chi connectivity index (χ4n) is 3.53. The molecule has 0 N–H and O–H groups in total. The molecule has 0 spiro atoms. The Bertz CT molecular complexity index is 1000. The van der Waals surface area contributed by atoms with Gasteiger partial charge in [-0.05, 0) is 30.0 Å². The molecule has 2 heteroatoms. The summed E-state index contributed by atoms with van der Waals surface area (Å²) in [5.74, 6) is 0.394. The molecule has 4 rings (SSSR count). The van der Waals surface area contributed by atoms with Gasteiger partial charge in [0.25, 0.3) is 0 Å². The molecule has 0 fully saturated rings. The van der Waals surface area contributed by atoms with Crippen molar-refractivity contribution in [1.82, 2.24) is 9.78 Å². The first-order valence-electron chi connectivity index (χ1n) is 9.58. The molecule has 0 aliphatic heterocycles. The van der Waals surface area contributed by atoms with Crippen LogP contribution in [0.3, 0.4) is 0 Å². The van der Waals surface area contributed by atoms with Crippen molar-refractivity contribution in [1.29, 1.82) is 0 Å². The van der Waals surface area contributed by atoms with Crippen molar-refractivity contribution in [2.75, 3.05) is 0 Å². The van der Waals surface area contributed by atoms with Crippen molar-refractivity contribution in [2.45, 2.75) is 26.2 Å². The standard InChI is InChI=1S/C25H24N2/c1-3-19(2)25-23(20-13-7-4-8-14-20)24(21-15-9-5-10-16-21)26-27(25)22-17-11-6-12-18-22/h4-19H,3H2,1-2H3. The fraction of sp³-hybridized carbons (Fsp3) is 0.160. The van der Waals surface area contributed by atoms with Crippen LogP contribution in [0.4, 0.5) is 0 Å². The minimum atomic E-state index is 0.394. The fourth-order valence-corrected chi connectivity index (χ4v) is 3.53. The zero-order valence-corrected chi connectivity index (χ0v) is 15.8. The predicted octanol–water partition coefficient (Wildman–Crippen LogP) is 6.72. The minimum absolute atomic E-state index is 0.394. The molecule has 0 aliphatic carbocycles. The number of nitrogens with zero attached hydrogens (tertiary/aromatic N) is 2. The summed E-state index contributed by atoms with van der Waals surface area (Å²) in [6.07, 6.45) is 1.06. The lowest BCUT2D eigenvalue weighted by molar-refractivity contribution is 0.666. The molecule has 1 atom stereocenters. The second-order valence-corrected chi connectivity index (χ2v) is 6.90. The van der Waals surface area contributed by atoms with E-state index in [9.17, 15) is 0 Å². The second-order valence-electron chi connectivity index (χ2n) is 6.90. The second kappa shape index (κ2) is 7.63. The molecule has 1 unspecified atom stereocenters. The zero-order valence-electron chi connectivity index (χ0n) is 15.8. The van der Waals surface area contributed by atoms with E-state index in [0.717, 1.165) is 23.4 Å². The Labute approximate surface area is 161 Å². The highest BCUT2D eigenvalue weighted by Gasteiger charge is 2.24. The highest BCUT2D eigenvalue weighted by atomic mass is 15.3. The average Bonchev–Trinajstić information content (AvgIpc) is 3.16. The maximum absolute atomic E-state index is 5.11. The van der Waals surface area contributed by atoms with Gasteiger partial charge in [0, 0.05) is 11.1 Å². The van der Waals surface area contributed by atoms with E-state index in [1.807, 2.05) is 6.07 Å². The van der Waals surface area contributed by atoms with E-state index >= 15 is 0 Å². The molecule has 0 saturated heterocycles. The van der Waals surface area contributed by atoms with E-state index in [0.29, 0.717) is 5.92 Å². The van der Waals surface area contributed by atoms with Gasteiger partial charge in [-0.15, -0.1) is 0 Å². The smallest absolute Gasteiger partial charge is 0.101 e. The van der Waals surface area contributed by atoms with E-state index in [4.69, 9.17) is 5.10 Å². The van der Waals surface area contributed by atoms with Crippen LogP contribution in [-0.4, -0.2) is 9.78 Å². The third kappa shape index (κ3) is 3.31. The summed E-state index contributed by atoms with van der Waals surface area (Å²) in [4.78, 5) is 0. The van der Waals surface area contributed by atoms with Gasteiger partial charge >= 0.3 is 0 Å². The van der Waals surface area contributed by atoms with Crippen LogP contribution in [0.15, 0.2) is 91.0 Å². The SMILES string of the molecule is CCC(C)c1c(-c2ccccc2)c(-c2ccccc2)nn1-c1ccccc1. The van der Waals surface area contributed by atoms with Crippen LogP contribution in [-0.2, 0) is 0 Å². The van der Waals surface area contributed by atoms with Crippen LogP contribution in [0.5, 0.6) is 0 Å². The number of para-hydroxylation sites is 1. The lowest BCUT2D eigenvalue weighted by atomic mass is 9.92. The van der Waals surface area contributed by atoms with E-state index in [2.05, 4.69) is 103 Å². The molecule has 0 aliphatic rings. The average molecular weight is 352 g/mol. The Morgan fingerprint density at radius 3 is 1.81 bits per heavy atom. The maximum Gasteiger partial charge on any atom is 0.101 e. The van der Waals surface area contributed by atoms with Crippen molar-refractivity contribution in [2.24, 2.45) is 0 Å². The van der Waals surface area contributed by atoms with Crippen LogP contribution in [0, 0.1) is 0 Å². The first-order valence-corrected chi connectivity index (χ1v) is 9.58. The number of benzene rings is 3. The van der Waals surface area contributed by atoms with Gasteiger partial charge in [0.05, 0.1) is 11.4 Å². The Morgan fingerprint density at radius 1 is 0.741 bits per heavy atom. The summed E-state index contributed by atoms with van der Waals surface area (Å²) >= 11 is 0. The number of hydrogen-bond donors (Lipinski definition) is 0. The summed E-state index contributed by atoms with van der Waals surface area (Å²) < 4.78 is 2.14. The molecule has 0 amide bonds. The van der Waals surface area contributed by atoms with E-state index < -0.39 is 0 Å². The van der Waals surface area contributed by atoms with Crippen molar-refractivity contribution in [3.63, 3.8) is 0 Å². The lowest BCUT2D eigenvalue weighted by Gasteiger charge is -2.15. The van der Waals surface area contributed by atoms with Crippen molar-refractivity contribution < 1.29 is 0 Å². The largest absolute Gasteiger partial charge is 0.236 e. The quantitative estimate of drug-likeness (QED) is 0.390. The molecule has 27 heavy (non-hydrogen) atoms. The Kier molecular flexibility index (Phi) is 4.88. The third-order valence-electron chi connectivity index (χ3n) is 5.11. The summed E-state index contributed by atoms with van der Waals surface area (Å²) in [6, 6.07) is 31.6. The van der Waals surface area contributed by atoms with Gasteiger partial charge in [0.15, 0.2) is 0 Å². The van der Waals surface area contributed by atoms with Gasteiger partial charge in [-0.25, -0.2) is 4.68 Å². The monoisotopic (exact) mass is 352 g/mol. The summed E-state index contributed by atoms with van der Waals surface area (Å²) in [6.45, 7) is 4.53. The number of rotatable bonds is 5. The Balaban J connectivity index is 2.06. The molecule has 0 bridgehead atoms. The van der Waals surface area contributed by atoms with Gasteiger partial charge in [0.2, 0.25) is 0 Å². The lowest BCUT2D eigenvalue weighted by Crippen LogP contribution is -2.06. The topological polar surface area (TPSA) is 17.8 Å². The summed E-state index contributed by atoms with van der Waals surface area (Å²) in [5, 5.41) is 5.11. The summed E-state index contributed by atoms with van der Waals surface area (Å²) in [5.41, 5.74) is 7.02. The van der Waals surface area contributed by atoms with Crippen molar-refractivity contribution in [3.8, 4) is 28.1 Å². The van der Waals surface area contributed by atoms with E-state index in [1.54, 1.807) is 0 Å². The van der Waals surface area contributed by atoms with Crippen molar-refractivity contribution in [3.05, 3.63) is 96.7 Å². The zero-order chi connectivity index (χ0) is 18.6. The van der Waals surface area contributed by atoms with Crippen LogP contribution in [0.25, 0.3) is 28.1 Å². The van der Waals surface area contributed by atoms with Gasteiger partial charge < -0.3 is 0 Å². The Morgan fingerprint density at radius 2 is 1.26 bits per heavy atom. The van der Waals surface area contributed by atoms with Gasteiger partial charge in [-0.3, -0.25) is 0 Å². The molecule has 1 aromatic heterocycles. The molecule has 0 radical (unpaired) electrons. The minimum Gasteiger partial charge on any atom is -0.236 e. The van der Waals surface area contributed by atoms with Crippen LogP contribution >= 0.6 is 0 Å². The first-order chi connectivity index (χ1) is 13.3. The first kappa shape index (κ1) is 17.3. The van der Waals surface area contributed by atoms with E-state index in [1.165, 1.54) is 16.8 Å². The Hall–Kier alpha value is -3.13. The van der Waals surface area contributed by atoms with Crippen LogP contribution < -0.4 is 0 Å². The highest BCUT2D eigenvalue weighted by molar-refractivity contribution is 5.83. The molecular weight excluding hydrogens is 328 g/mol. The third-order valence-corrected chi connectivity index (χ3v) is 5.11. The van der Waals surface area contributed by atoms with Gasteiger partial charge in [0.1, 0.15) is 5.69 Å². The highest BCUT2D eigenvalue weighted by Crippen LogP contribution is 2.39. The van der Waals surface area contributed by atoms with E-state index in [-0.39, 0.29) is 0 Å². The molecule has 4 aromatic rings. The van der Waals surface area contributed by atoms with Crippen LogP contribution in [0.2, 0.25) is 0 Å². The predicted molar refractivity (Wildman–Crippen MR) is 113 cm³/mol.